The molecule has 0 aliphatic rings. The van der Waals surface area contributed by atoms with Crippen LogP contribution in [-0.4, -0.2) is 35.3 Å². The van der Waals surface area contributed by atoms with E-state index >= 15 is 0 Å². The summed E-state index contributed by atoms with van der Waals surface area (Å²) in [6.07, 6.45) is 1.16. The number of rotatable bonds is 8. The van der Waals surface area contributed by atoms with E-state index in [0.717, 1.165) is 24.5 Å². The quantitative estimate of drug-likeness (QED) is 0.581. The second kappa shape index (κ2) is 10.5. The predicted molar refractivity (Wildman–Crippen MR) is 68.6 cm³/mol. The molecule has 78 valence electrons. The van der Waals surface area contributed by atoms with Gasteiger partial charge >= 0.3 is 0 Å². The Balaban J connectivity index is 3.72. The molecule has 0 unspecified atom stereocenters. The molecule has 0 aromatic heterocycles. The molecule has 0 atom stereocenters. The summed E-state index contributed by atoms with van der Waals surface area (Å²) in [7, 11) is 0. The lowest BCUT2D eigenvalue weighted by atomic mass is 10.4. The first-order chi connectivity index (χ1) is 6.35. The maximum Gasteiger partial charge on any atom is 0.0386 e. The van der Waals surface area contributed by atoms with Crippen molar-refractivity contribution in [2.45, 2.75) is 27.2 Å². The highest BCUT2D eigenvalue weighted by molar-refractivity contribution is 8.01. The molecule has 0 heterocycles. The highest BCUT2D eigenvalue weighted by atomic mass is 32.2. The number of thioether (sulfide) groups is 2. The van der Waals surface area contributed by atoms with Crippen molar-refractivity contribution in [3.63, 3.8) is 0 Å². The normalized spacial score (nSPS) is 10.1. The van der Waals surface area contributed by atoms with Gasteiger partial charge in [-0.1, -0.05) is 20.8 Å². The van der Waals surface area contributed by atoms with Crippen LogP contribution in [0.4, 0.5) is 0 Å². The lowest BCUT2D eigenvalue weighted by molar-refractivity contribution is 0.931. The average Bonchev–Trinajstić information content (AvgIpc) is 2.17. The van der Waals surface area contributed by atoms with Crippen LogP contribution in [-0.2, 0) is 0 Å². The Morgan fingerprint density at radius 1 is 1.00 bits per heavy atom. The Morgan fingerprint density at radius 3 is 1.92 bits per heavy atom. The van der Waals surface area contributed by atoms with E-state index in [1.807, 2.05) is 23.5 Å². The molecule has 0 radical (unpaired) electrons. The van der Waals surface area contributed by atoms with E-state index in [4.69, 9.17) is 0 Å². The van der Waals surface area contributed by atoms with Crippen molar-refractivity contribution in [2.24, 2.45) is 4.99 Å². The fourth-order valence-electron chi connectivity index (χ4n) is 0.843. The molecule has 0 rings (SSSR count). The van der Waals surface area contributed by atoms with E-state index in [1.54, 1.807) is 0 Å². The topological polar surface area (TPSA) is 12.4 Å². The second-order valence-electron chi connectivity index (χ2n) is 2.72. The van der Waals surface area contributed by atoms with Crippen molar-refractivity contribution < 1.29 is 0 Å². The largest absolute Gasteiger partial charge is 0.292 e. The number of nitrogens with zero attached hydrogens (tertiary/aromatic N) is 1. The summed E-state index contributed by atoms with van der Waals surface area (Å²) < 4.78 is 0. The molecule has 1 nitrogen and oxygen atoms in total. The molecule has 0 aromatic carbocycles. The van der Waals surface area contributed by atoms with E-state index < -0.39 is 0 Å². The minimum atomic E-state index is 1.00. The van der Waals surface area contributed by atoms with Gasteiger partial charge in [0, 0.05) is 23.8 Å². The van der Waals surface area contributed by atoms with E-state index in [1.165, 1.54) is 17.2 Å². The molecule has 0 saturated heterocycles. The van der Waals surface area contributed by atoms with Gasteiger partial charge in [0.15, 0.2) is 0 Å². The second-order valence-corrected chi connectivity index (χ2v) is 5.27. The van der Waals surface area contributed by atoms with Crippen molar-refractivity contribution in [1.29, 1.82) is 0 Å². The molecule has 0 amide bonds. The maximum absolute atomic E-state index is 4.59. The van der Waals surface area contributed by atoms with Crippen LogP contribution >= 0.6 is 23.5 Å². The van der Waals surface area contributed by atoms with E-state index in [9.17, 15) is 0 Å². The highest BCUT2D eigenvalue weighted by Gasteiger charge is 1.98. The first kappa shape index (κ1) is 13.4. The molecular formula is C10H21NS2. The highest BCUT2D eigenvalue weighted by Crippen LogP contribution is 2.06. The van der Waals surface area contributed by atoms with Gasteiger partial charge in [-0.25, -0.2) is 0 Å². The van der Waals surface area contributed by atoms with Gasteiger partial charge in [-0.15, -0.1) is 0 Å². The fraction of sp³-hybridized carbons (Fsp3) is 0.900. The summed E-state index contributed by atoms with van der Waals surface area (Å²) in [6.45, 7) is 7.59. The summed E-state index contributed by atoms with van der Waals surface area (Å²) in [5.74, 6) is 4.65. The number of hydrogen-bond acceptors (Lipinski definition) is 3. The van der Waals surface area contributed by atoms with Crippen LogP contribution in [0.5, 0.6) is 0 Å². The van der Waals surface area contributed by atoms with Gasteiger partial charge in [0.2, 0.25) is 0 Å². The van der Waals surface area contributed by atoms with Crippen LogP contribution in [0.3, 0.4) is 0 Å². The zero-order chi connectivity index (χ0) is 9.94. The lowest BCUT2D eigenvalue weighted by Crippen LogP contribution is -2.07. The van der Waals surface area contributed by atoms with E-state index in [2.05, 4.69) is 25.8 Å². The van der Waals surface area contributed by atoms with Gasteiger partial charge in [0.05, 0.1) is 0 Å². The SMILES string of the molecule is CCCN=C(CSCC)CSCC. The minimum Gasteiger partial charge on any atom is -0.292 e. The lowest BCUT2D eigenvalue weighted by Gasteiger charge is -2.04. The van der Waals surface area contributed by atoms with Crippen molar-refractivity contribution in [1.82, 2.24) is 0 Å². The third-order valence-corrected chi connectivity index (χ3v) is 3.40. The Kier molecular flexibility index (Phi) is 10.7. The Morgan fingerprint density at radius 2 is 1.54 bits per heavy atom. The zero-order valence-electron chi connectivity index (χ0n) is 9.01. The van der Waals surface area contributed by atoms with Crippen molar-refractivity contribution in [3.8, 4) is 0 Å². The summed E-state index contributed by atoms with van der Waals surface area (Å²) in [5, 5.41) is 0. The molecule has 0 spiro atoms. The third kappa shape index (κ3) is 8.69. The molecule has 13 heavy (non-hydrogen) atoms. The summed E-state index contributed by atoms with van der Waals surface area (Å²) in [5.41, 5.74) is 1.39. The van der Waals surface area contributed by atoms with Crippen molar-refractivity contribution in [2.75, 3.05) is 29.6 Å². The maximum atomic E-state index is 4.59. The first-order valence-corrected chi connectivity index (χ1v) is 7.33. The Bertz CT molecular complexity index is 125. The zero-order valence-corrected chi connectivity index (χ0v) is 10.6. The van der Waals surface area contributed by atoms with Gasteiger partial charge in [-0.2, -0.15) is 23.5 Å². The molecule has 0 aromatic rings. The van der Waals surface area contributed by atoms with Gasteiger partial charge in [0.25, 0.3) is 0 Å². The molecule has 0 aliphatic carbocycles. The van der Waals surface area contributed by atoms with Crippen LogP contribution in [0.1, 0.15) is 27.2 Å². The molecule has 0 N–H and O–H groups in total. The average molecular weight is 219 g/mol. The summed E-state index contributed by atoms with van der Waals surface area (Å²) in [4.78, 5) is 4.59. The van der Waals surface area contributed by atoms with E-state index in [0.29, 0.717) is 0 Å². The standard InChI is InChI=1S/C10H21NS2/c1-4-7-11-10(8-12-5-2)9-13-6-3/h4-9H2,1-3H3. The Labute approximate surface area is 91.2 Å². The van der Waals surface area contributed by atoms with Gasteiger partial charge in [-0.05, 0) is 17.9 Å². The van der Waals surface area contributed by atoms with E-state index in [-0.39, 0.29) is 0 Å². The van der Waals surface area contributed by atoms with Crippen LogP contribution in [0.15, 0.2) is 4.99 Å². The number of aliphatic imine (C=N–C) groups is 1. The summed E-state index contributed by atoms with van der Waals surface area (Å²) in [6, 6.07) is 0. The van der Waals surface area contributed by atoms with Gasteiger partial charge < -0.3 is 0 Å². The molecular weight excluding hydrogens is 198 g/mol. The van der Waals surface area contributed by atoms with Crippen LogP contribution in [0.25, 0.3) is 0 Å². The predicted octanol–water partition coefficient (Wildman–Crippen LogP) is 3.34. The third-order valence-electron chi connectivity index (χ3n) is 1.50. The Hall–Kier alpha value is 0.370. The smallest absolute Gasteiger partial charge is 0.0386 e. The number of hydrogen-bond donors (Lipinski definition) is 0. The van der Waals surface area contributed by atoms with Crippen molar-refractivity contribution in [3.05, 3.63) is 0 Å². The van der Waals surface area contributed by atoms with Crippen LogP contribution in [0, 0.1) is 0 Å². The first-order valence-electron chi connectivity index (χ1n) is 5.02. The molecule has 0 aliphatic heterocycles. The minimum absolute atomic E-state index is 1.00. The summed E-state index contributed by atoms with van der Waals surface area (Å²) >= 11 is 3.95. The molecule has 0 bridgehead atoms. The molecule has 3 heteroatoms. The fourth-order valence-corrected chi connectivity index (χ4v) is 2.24. The van der Waals surface area contributed by atoms with Gasteiger partial charge in [-0.3, -0.25) is 4.99 Å². The monoisotopic (exact) mass is 219 g/mol. The van der Waals surface area contributed by atoms with Gasteiger partial charge in [0.1, 0.15) is 0 Å². The molecule has 0 fully saturated rings. The van der Waals surface area contributed by atoms with Crippen molar-refractivity contribution >= 4 is 29.2 Å². The molecule has 0 saturated carbocycles. The van der Waals surface area contributed by atoms with Crippen LogP contribution in [0.2, 0.25) is 0 Å². The van der Waals surface area contributed by atoms with Crippen LogP contribution < -0.4 is 0 Å².